The quantitative estimate of drug-likeness (QED) is 0.623. The fraction of sp³-hybridized carbons (Fsp3) is 0.333. The highest BCUT2D eigenvalue weighted by Crippen LogP contribution is 2.33. The predicted molar refractivity (Wildman–Crippen MR) is 46.5 cm³/mol. The minimum absolute atomic E-state index is 0.333. The van der Waals surface area contributed by atoms with Gasteiger partial charge in [0.2, 0.25) is 0 Å². The van der Waals surface area contributed by atoms with Crippen LogP contribution in [0.3, 0.4) is 0 Å². The molecule has 0 fully saturated rings. The summed E-state index contributed by atoms with van der Waals surface area (Å²) in [4.78, 5) is 0. The molecule has 2 nitrogen and oxygen atoms in total. The maximum absolute atomic E-state index is 9.62. The molecule has 0 saturated carbocycles. The normalized spacial score (nSPS) is 27.5. The van der Waals surface area contributed by atoms with Gasteiger partial charge in [0.15, 0.2) is 0 Å². The SMILES string of the molecule is O[C@@H]1c2ccccc2OC[C@@H]1Cl. The van der Waals surface area contributed by atoms with Gasteiger partial charge in [-0.25, -0.2) is 0 Å². The van der Waals surface area contributed by atoms with Gasteiger partial charge in [-0.15, -0.1) is 11.6 Å². The van der Waals surface area contributed by atoms with Crippen molar-refractivity contribution in [2.75, 3.05) is 6.61 Å². The van der Waals surface area contributed by atoms with E-state index in [4.69, 9.17) is 16.3 Å². The Hall–Kier alpha value is -0.730. The topological polar surface area (TPSA) is 29.5 Å². The molecule has 0 bridgehead atoms. The van der Waals surface area contributed by atoms with Crippen LogP contribution in [0.1, 0.15) is 11.7 Å². The molecule has 0 spiro atoms. The van der Waals surface area contributed by atoms with E-state index in [1.165, 1.54) is 0 Å². The molecule has 1 N–H and O–H groups in total. The van der Waals surface area contributed by atoms with E-state index in [0.29, 0.717) is 6.61 Å². The van der Waals surface area contributed by atoms with Crippen molar-refractivity contribution in [3.63, 3.8) is 0 Å². The molecule has 12 heavy (non-hydrogen) atoms. The maximum atomic E-state index is 9.62. The van der Waals surface area contributed by atoms with Crippen LogP contribution >= 0.6 is 11.6 Å². The third-order valence-corrected chi connectivity index (χ3v) is 2.34. The first kappa shape index (κ1) is 7.90. The van der Waals surface area contributed by atoms with Gasteiger partial charge in [-0.1, -0.05) is 18.2 Å². The molecule has 0 amide bonds. The number of halogens is 1. The van der Waals surface area contributed by atoms with Crippen molar-refractivity contribution < 1.29 is 9.84 Å². The second-order valence-corrected chi connectivity index (χ2v) is 3.37. The number of aliphatic hydroxyl groups is 1. The fourth-order valence-corrected chi connectivity index (χ4v) is 1.51. The summed E-state index contributed by atoms with van der Waals surface area (Å²) in [5, 5.41) is 9.28. The summed E-state index contributed by atoms with van der Waals surface area (Å²) in [6.07, 6.45) is -0.600. The molecular formula is C9H9ClO2. The molecule has 1 aromatic carbocycles. The summed E-state index contributed by atoms with van der Waals surface area (Å²) in [5.74, 6) is 0.738. The van der Waals surface area contributed by atoms with E-state index in [2.05, 4.69) is 0 Å². The van der Waals surface area contributed by atoms with Gasteiger partial charge in [0, 0.05) is 5.56 Å². The van der Waals surface area contributed by atoms with Gasteiger partial charge in [-0.3, -0.25) is 0 Å². The Balaban J connectivity index is 2.42. The number of benzene rings is 1. The zero-order valence-corrected chi connectivity index (χ0v) is 7.16. The molecule has 3 heteroatoms. The summed E-state index contributed by atoms with van der Waals surface area (Å²) in [6.45, 7) is 0.375. The lowest BCUT2D eigenvalue weighted by atomic mass is 10.0. The monoisotopic (exact) mass is 184 g/mol. The first-order valence-electron chi connectivity index (χ1n) is 3.83. The number of hydrogen-bond acceptors (Lipinski definition) is 2. The van der Waals surface area contributed by atoms with Crippen LogP contribution in [0.4, 0.5) is 0 Å². The molecule has 2 atom stereocenters. The van der Waals surface area contributed by atoms with E-state index in [-0.39, 0.29) is 5.38 Å². The first-order chi connectivity index (χ1) is 5.79. The molecule has 0 radical (unpaired) electrons. The van der Waals surface area contributed by atoms with Crippen LogP contribution in [0.25, 0.3) is 0 Å². The number of alkyl halides is 1. The molecule has 2 rings (SSSR count). The van der Waals surface area contributed by atoms with Crippen molar-refractivity contribution in [1.29, 1.82) is 0 Å². The van der Waals surface area contributed by atoms with Gasteiger partial charge in [-0.05, 0) is 6.07 Å². The largest absolute Gasteiger partial charge is 0.492 e. The third-order valence-electron chi connectivity index (χ3n) is 1.98. The molecule has 1 aliphatic rings. The van der Waals surface area contributed by atoms with Crippen LogP contribution in [0.2, 0.25) is 0 Å². The van der Waals surface area contributed by atoms with Crippen LogP contribution in [0.15, 0.2) is 24.3 Å². The molecule has 0 unspecified atom stereocenters. The molecule has 1 aliphatic heterocycles. The summed E-state index contributed by atoms with van der Waals surface area (Å²) >= 11 is 5.82. The van der Waals surface area contributed by atoms with Crippen molar-refractivity contribution in [2.45, 2.75) is 11.5 Å². The average Bonchev–Trinajstić information content (AvgIpc) is 2.12. The Morgan fingerprint density at radius 2 is 2.17 bits per heavy atom. The Labute approximate surface area is 75.7 Å². The Morgan fingerprint density at radius 1 is 1.42 bits per heavy atom. The Morgan fingerprint density at radius 3 is 3.00 bits per heavy atom. The van der Waals surface area contributed by atoms with Crippen LogP contribution in [-0.4, -0.2) is 17.1 Å². The first-order valence-corrected chi connectivity index (χ1v) is 4.26. The van der Waals surface area contributed by atoms with E-state index in [1.54, 1.807) is 0 Å². The zero-order valence-electron chi connectivity index (χ0n) is 6.40. The predicted octanol–water partition coefficient (Wildman–Crippen LogP) is 1.72. The van der Waals surface area contributed by atoms with Gasteiger partial charge in [-0.2, -0.15) is 0 Å². The van der Waals surface area contributed by atoms with Gasteiger partial charge >= 0.3 is 0 Å². The molecule has 1 heterocycles. The van der Waals surface area contributed by atoms with E-state index in [0.717, 1.165) is 11.3 Å². The standard InChI is InChI=1S/C9H9ClO2/c10-7-5-12-8-4-2-1-3-6(8)9(7)11/h1-4,7,9,11H,5H2/t7-,9+/m0/s1. The minimum atomic E-state index is -0.600. The van der Waals surface area contributed by atoms with Gasteiger partial charge in [0.1, 0.15) is 18.5 Å². The summed E-state index contributed by atoms with van der Waals surface area (Å²) in [6, 6.07) is 7.40. The van der Waals surface area contributed by atoms with Crippen molar-refractivity contribution in [3.05, 3.63) is 29.8 Å². The zero-order chi connectivity index (χ0) is 8.55. The highest BCUT2D eigenvalue weighted by Gasteiger charge is 2.26. The minimum Gasteiger partial charge on any atom is -0.492 e. The average molecular weight is 185 g/mol. The molecule has 1 aromatic rings. The Kier molecular flexibility index (Phi) is 1.95. The summed E-state index contributed by atoms with van der Waals surface area (Å²) in [7, 11) is 0. The van der Waals surface area contributed by atoms with E-state index < -0.39 is 6.10 Å². The number of fused-ring (bicyclic) bond motifs is 1. The maximum Gasteiger partial charge on any atom is 0.125 e. The third kappa shape index (κ3) is 1.17. The van der Waals surface area contributed by atoms with E-state index in [9.17, 15) is 5.11 Å². The lowest BCUT2D eigenvalue weighted by molar-refractivity contribution is 0.120. The van der Waals surface area contributed by atoms with Crippen LogP contribution in [-0.2, 0) is 0 Å². The van der Waals surface area contributed by atoms with Gasteiger partial charge in [0.05, 0.1) is 5.38 Å². The van der Waals surface area contributed by atoms with Gasteiger partial charge in [0.25, 0.3) is 0 Å². The van der Waals surface area contributed by atoms with Crippen LogP contribution in [0, 0.1) is 0 Å². The van der Waals surface area contributed by atoms with E-state index >= 15 is 0 Å². The van der Waals surface area contributed by atoms with E-state index in [1.807, 2.05) is 24.3 Å². The fourth-order valence-electron chi connectivity index (χ4n) is 1.31. The molecule has 0 aliphatic carbocycles. The van der Waals surface area contributed by atoms with Crippen LogP contribution in [0.5, 0.6) is 5.75 Å². The number of ether oxygens (including phenoxy) is 1. The lowest BCUT2D eigenvalue weighted by Gasteiger charge is -2.25. The van der Waals surface area contributed by atoms with Crippen LogP contribution < -0.4 is 4.74 Å². The second kappa shape index (κ2) is 2.96. The second-order valence-electron chi connectivity index (χ2n) is 2.81. The molecule has 0 aromatic heterocycles. The van der Waals surface area contributed by atoms with Crippen molar-refractivity contribution >= 4 is 11.6 Å². The lowest BCUT2D eigenvalue weighted by Crippen LogP contribution is -2.26. The van der Waals surface area contributed by atoms with Crippen molar-refractivity contribution in [1.82, 2.24) is 0 Å². The van der Waals surface area contributed by atoms with Crippen molar-refractivity contribution in [3.8, 4) is 5.75 Å². The highest BCUT2D eigenvalue weighted by molar-refractivity contribution is 6.21. The number of aliphatic hydroxyl groups excluding tert-OH is 1. The molecular weight excluding hydrogens is 176 g/mol. The summed E-state index contributed by atoms with van der Waals surface area (Å²) in [5.41, 5.74) is 0.781. The number of hydrogen-bond donors (Lipinski definition) is 1. The van der Waals surface area contributed by atoms with Crippen molar-refractivity contribution in [2.24, 2.45) is 0 Å². The Bertz CT molecular complexity index is 288. The van der Waals surface area contributed by atoms with Gasteiger partial charge < -0.3 is 9.84 Å². The smallest absolute Gasteiger partial charge is 0.125 e. The molecule has 64 valence electrons. The number of rotatable bonds is 0. The molecule has 0 saturated heterocycles. The highest BCUT2D eigenvalue weighted by atomic mass is 35.5. The summed E-state index contributed by atoms with van der Waals surface area (Å²) < 4.78 is 5.31. The number of para-hydroxylation sites is 1.